The van der Waals surface area contributed by atoms with E-state index in [4.69, 9.17) is 17.3 Å². The van der Waals surface area contributed by atoms with E-state index in [-0.39, 0.29) is 5.91 Å². The van der Waals surface area contributed by atoms with Crippen LogP contribution in [0.1, 0.15) is 18.9 Å². The van der Waals surface area contributed by atoms with Crippen molar-refractivity contribution >= 4 is 23.5 Å². The van der Waals surface area contributed by atoms with Crippen LogP contribution in [0, 0.1) is 5.41 Å². The number of benzene rings is 2. The summed E-state index contributed by atoms with van der Waals surface area (Å²) in [5.74, 6) is 1.21. The second-order valence-electron chi connectivity index (χ2n) is 7.50. The van der Waals surface area contributed by atoms with E-state index in [2.05, 4.69) is 31.8 Å². The molecule has 144 valence electrons. The molecule has 4 rings (SSSR count). The molecular formula is C21H22ClN5O. The van der Waals surface area contributed by atoms with Gasteiger partial charge in [0, 0.05) is 23.7 Å². The van der Waals surface area contributed by atoms with Gasteiger partial charge in [-0.15, -0.1) is 10.2 Å². The minimum atomic E-state index is -0.556. The second-order valence-corrected chi connectivity index (χ2v) is 7.94. The van der Waals surface area contributed by atoms with Crippen molar-refractivity contribution in [3.63, 3.8) is 0 Å². The average Bonchev–Trinajstić information content (AvgIpc) is 3.27. The van der Waals surface area contributed by atoms with E-state index in [1.807, 2.05) is 49.4 Å². The van der Waals surface area contributed by atoms with E-state index in [0.29, 0.717) is 31.1 Å². The Bertz CT molecular complexity index is 1000. The summed E-state index contributed by atoms with van der Waals surface area (Å²) < 4.78 is 2.08. The highest BCUT2D eigenvalue weighted by atomic mass is 35.5. The van der Waals surface area contributed by atoms with Gasteiger partial charge in [0.15, 0.2) is 5.82 Å². The Morgan fingerprint density at radius 1 is 1.18 bits per heavy atom. The SMILES string of the molecule is CC1(C(N)=O)CCN(c2nnc(-c3cccc(Cl)c3)n2Cc2ccccc2)C1. The molecule has 1 aliphatic heterocycles. The average molecular weight is 396 g/mol. The topological polar surface area (TPSA) is 77.0 Å². The lowest BCUT2D eigenvalue weighted by Gasteiger charge is -2.22. The van der Waals surface area contributed by atoms with Gasteiger partial charge in [-0.3, -0.25) is 9.36 Å². The van der Waals surface area contributed by atoms with Crippen LogP contribution in [0.15, 0.2) is 54.6 Å². The van der Waals surface area contributed by atoms with Crippen molar-refractivity contribution < 1.29 is 4.79 Å². The van der Waals surface area contributed by atoms with Crippen LogP contribution in [0.25, 0.3) is 11.4 Å². The van der Waals surface area contributed by atoms with Gasteiger partial charge in [0.1, 0.15) is 0 Å². The maximum absolute atomic E-state index is 11.9. The molecule has 2 aromatic carbocycles. The van der Waals surface area contributed by atoms with Gasteiger partial charge in [0.05, 0.1) is 12.0 Å². The number of amides is 1. The molecule has 0 saturated carbocycles. The molecule has 1 saturated heterocycles. The van der Waals surface area contributed by atoms with E-state index in [9.17, 15) is 4.79 Å². The third-order valence-corrected chi connectivity index (χ3v) is 5.58. The Morgan fingerprint density at radius 3 is 2.64 bits per heavy atom. The van der Waals surface area contributed by atoms with E-state index in [1.165, 1.54) is 0 Å². The van der Waals surface area contributed by atoms with Crippen LogP contribution in [-0.2, 0) is 11.3 Å². The van der Waals surface area contributed by atoms with Crippen molar-refractivity contribution in [1.82, 2.24) is 14.8 Å². The number of nitrogens with two attached hydrogens (primary N) is 1. The first-order chi connectivity index (χ1) is 13.5. The van der Waals surface area contributed by atoms with Crippen LogP contribution in [-0.4, -0.2) is 33.8 Å². The van der Waals surface area contributed by atoms with Gasteiger partial charge in [0.25, 0.3) is 0 Å². The van der Waals surface area contributed by atoms with Gasteiger partial charge < -0.3 is 10.6 Å². The van der Waals surface area contributed by atoms with E-state index in [0.717, 1.165) is 22.9 Å². The normalized spacial score (nSPS) is 19.1. The maximum atomic E-state index is 11.9. The van der Waals surface area contributed by atoms with Crippen LogP contribution in [0.3, 0.4) is 0 Å². The molecule has 1 aromatic heterocycles. The summed E-state index contributed by atoms with van der Waals surface area (Å²) in [6.07, 6.45) is 0.701. The van der Waals surface area contributed by atoms with Crippen LogP contribution in [0.5, 0.6) is 0 Å². The Morgan fingerprint density at radius 2 is 1.96 bits per heavy atom. The molecule has 1 fully saturated rings. The molecule has 3 aromatic rings. The largest absolute Gasteiger partial charge is 0.369 e. The molecule has 1 unspecified atom stereocenters. The van der Waals surface area contributed by atoms with Crippen molar-refractivity contribution in [3.05, 3.63) is 65.2 Å². The van der Waals surface area contributed by atoms with Crippen molar-refractivity contribution in [3.8, 4) is 11.4 Å². The number of rotatable bonds is 5. The molecule has 1 aliphatic rings. The minimum absolute atomic E-state index is 0.279. The Hall–Kier alpha value is -2.86. The zero-order valence-electron chi connectivity index (χ0n) is 15.7. The molecular weight excluding hydrogens is 374 g/mol. The second kappa shape index (κ2) is 7.28. The van der Waals surface area contributed by atoms with E-state index < -0.39 is 5.41 Å². The maximum Gasteiger partial charge on any atom is 0.227 e. The summed E-state index contributed by atoms with van der Waals surface area (Å²) in [6, 6.07) is 17.8. The van der Waals surface area contributed by atoms with Gasteiger partial charge in [-0.25, -0.2) is 0 Å². The molecule has 6 nitrogen and oxygen atoms in total. The molecule has 0 radical (unpaired) electrons. The number of carbonyl (C=O) groups is 1. The van der Waals surface area contributed by atoms with Crippen LogP contribution < -0.4 is 10.6 Å². The van der Waals surface area contributed by atoms with Crippen molar-refractivity contribution in [2.24, 2.45) is 11.1 Å². The summed E-state index contributed by atoms with van der Waals surface area (Å²) in [6.45, 7) is 3.77. The molecule has 0 aliphatic carbocycles. The fourth-order valence-electron chi connectivity index (χ4n) is 3.61. The lowest BCUT2D eigenvalue weighted by atomic mass is 9.89. The summed E-state index contributed by atoms with van der Waals surface area (Å²) in [7, 11) is 0. The van der Waals surface area contributed by atoms with Crippen molar-refractivity contribution in [2.75, 3.05) is 18.0 Å². The summed E-state index contributed by atoms with van der Waals surface area (Å²) >= 11 is 6.19. The molecule has 7 heteroatoms. The number of anilines is 1. The molecule has 1 atom stereocenters. The van der Waals surface area contributed by atoms with Crippen molar-refractivity contribution in [1.29, 1.82) is 0 Å². The molecule has 1 amide bonds. The van der Waals surface area contributed by atoms with Gasteiger partial charge in [0.2, 0.25) is 11.9 Å². The van der Waals surface area contributed by atoms with Crippen LogP contribution >= 0.6 is 11.6 Å². The highest BCUT2D eigenvalue weighted by Gasteiger charge is 2.40. The summed E-state index contributed by atoms with van der Waals surface area (Å²) in [5, 5.41) is 9.58. The first-order valence-corrected chi connectivity index (χ1v) is 9.62. The number of primary amides is 1. The first-order valence-electron chi connectivity index (χ1n) is 9.24. The molecule has 28 heavy (non-hydrogen) atoms. The lowest BCUT2D eigenvalue weighted by molar-refractivity contribution is -0.125. The van der Waals surface area contributed by atoms with Gasteiger partial charge in [-0.1, -0.05) is 54.1 Å². The number of hydrogen-bond acceptors (Lipinski definition) is 4. The zero-order chi connectivity index (χ0) is 19.7. The zero-order valence-corrected chi connectivity index (χ0v) is 16.4. The van der Waals surface area contributed by atoms with Crippen LogP contribution in [0.2, 0.25) is 5.02 Å². The quantitative estimate of drug-likeness (QED) is 0.718. The standard InChI is InChI=1S/C21H22ClN5O/c1-21(19(23)28)10-11-26(14-21)20-25-24-18(16-8-5-9-17(22)12-16)27(20)13-15-6-3-2-4-7-15/h2-9,12H,10-11,13-14H2,1H3,(H2,23,28). The molecule has 0 spiro atoms. The van der Waals surface area contributed by atoms with E-state index >= 15 is 0 Å². The fourth-order valence-corrected chi connectivity index (χ4v) is 3.80. The first kappa shape index (κ1) is 18.5. The molecule has 2 heterocycles. The number of carbonyl (C=O) groups excluding carboxylic acids is 1. The minimum Gasteiger partial charge on any atom is -0.369 e. The lowest BCUT2D eigenvalue weighted by Crippen LogP contribution is -2.37. The molecule has 2 N–H and O–H groups in total. The van der Waals surface area contributed by atoms with Gasteiger partial charge >= 0.3 is 0 Å². The highest BCUT2D eigenvalue weighted by molar-refractivity contribution is 6.30. The number of nitrogens with zero attached hydrogens (tertiary/aromatic N) is 4. The molecule has 0 bridgehead atoms. The summed E-state index contributed by atoms with van der Waals surface area (Å²) in [4.78, 5) is 14.0. The third-order valence-electron chi connectivity index (χ3n) is 5.35. The predicted octanol–water partition coefficient (Wildman–Crippen LogP) is 3.35. The smallest absolute Gasteiger partial charge is 0.227 e. The number of halogens is 1. The highest BCUT2D eigenvalue weighted by Crippen LogP contribution is 2.34. The summed E-state index contributed by atoms with van der Waals surface area (Å²) in [5.41, 5.74) is 7.11. The third kappa shape index (κ3) is 3.47. The predicted molar refractivity (Wildman–Crippen MR) is 110 cm³/mol. The van der Waals surface area contributed by atoms with E-state index in [1.54, 1.807) is 0 Å². The van der Waals surface area contributed by atoms with Crippen LogP contribution in [0.4, 0.5) is 5.95 Å². The Balaban J connectivity index is 1.76. The number of aromatic nitrogens is 3. The monoisotopic (exact) mass is 395 g/mol. The van der Waals surface area contributed by atoms with Crippen molar-refractivity contribution in [2.45, 2.75) is 19.9 Å². The van der Waals surface area contributed by atoms with Gasteiger partial charge in [-0.05, 0) is 31.0 Å². The Kier molecular flexibility index (Phi) is 4.81. The Labute approximate surface area is 168 Å². The van der Waals surface area contributed by atoms with Gasteiger partial charge in [-0.2, -0.15) is 0 Å². The fraction of sp³-hybridized carbons (Fsp3) is 0.286. The number of hydrogen-bond donors (Lipinski definition) is 1.